The molecule has 0 unspecified atom stereocenters. The van der Waals surface area contributed by atoms with Crippen molar-refractivity contribution in [3.8, 4) is 0 Å². The van der Waals surface area contributed by atoms with E-state index in [1.165, 1.54) is 23.9 Å². The molecule has 1 saturated heterocycles. The maximum atomic E-state index is 13.6. The molecule has 1 amide bonds. The summed E-state index contributed by atoms with van der Waals surface area (Å²) in [4.78, 5) is 31.8. The van der Waals surface area contributed by atoms with E-state index in [0.717, 1.165) is 5.56 Å². The number of likely N-dealkylation sites (tertiary alicyclic amines) is 1. The molecule has 1 aliphatic rings. The molecule has 0 radical (unpaired) electrons. The van der Waals surface area contributed by atoms with Crippen LogP contribution in [0.15, 0.2) is 58.5 Å². The number of para-hydroxylation sites is 1. The number of amides is 1. The maximum absolute atomic E-state index is 13.6. The molecule has 0 bridgehead atoms. The number of nitrogens with zero attached hydrogens (tertiary/aromatic N) is 3. The third-order valence-corrected chi connectivity index (χ3v) is 6.41. The molecule has 2 aromatic carbocycles. The van der Waals surface area contributed by atoms with Gasteiger partial charge >= 0.3 is 6.09 Å². The second-order valence-electron chi connectivity index (χ2n) is 7.42. The first-order valence-corrected chi connectivity index (χ1v) is 11.4. The van der Waals surface area contributed by atoms with Crippen LogP contribution in [0.25, 0.3) is 10.9 Å². The van der Waals surface area contributed by atoms with E-state index < -0.39 is 0 Å². The number of fused-ring (bicyclic) bond motifs is 1. The summed E-state index contributed by atoms with van der Waals surface area (Å²) in [5, 5.41) is 1.19. The van der Waals surface area contributed by atoms with E-state index in [-0.39, 0.29) is 23.5 Å². The topological polar surface area (TPSA) is 64.4 Å². The summed E-state index contributed by atoms with van der Waals surface area (Å²) < 4.78 is 20.4. The molecule has 31 heavy (non-hydrogen) atoms. The van der Waals surface area contributed by atoms with Gasteiger partial charge in [-0.1, -0.05) is 36.0 Å². The number of halogens is 1. The summed E-state index contributed by atoms with van der Waals surface area (Å²) >= 11 is 1.43. The van der Waals surface area contributed by atoms with Crippen LogP contribution >= 0.6 is 11.8 Å². The van der Waals surface area contributed by atoms with E-state index >= 15 is 0 Å². The first-order chi connectivity index (χ1) is 15.1. The Labute approximate surface area is 184 Å². The van der Waals surface area contributed by atoms with E-state index in [2.05, 4.69) is 0 Å². The number of rotatable bonds is 5. The van der Waals surface area contributed by atoms with Crippen LogP contribution in [0.1, 0.15) is 31.4 Å². The first kappa shape index (κ1) is 21.4. The largest absolute Gasteiger partial charge is 0.450 e. The summed E-state index contributed by atoms with van der Waals surface area (Å²) in [6.07, 6.45) is 0.976. The zero-order valence-corrected chi connectivity index (χ0v) is 18.1. The molecule has 1 fully saturated rings. The SMILES string of the molecule is CCOC(=O)N1CCC(n2c(SCc3cccc(F)c3)nc3ccccc3c2=O)CC1. The molecular formula is C23H24FN3O3S. The lowest BCUT2D eigenvalue weighted by atomic mass is 10.0. The Morgan fingerprint density at radius 3 is 2.71 bits per heavy atom. The van der Waals surface area contributed by atoms with Gasteiger partial charge in [0.2, 0.25) is 0 Å². The summed E-state index contributed by atoms with van der Waals surface area (Å²) in [6, 6.07) is 13.7. The number of thioether (sulfide) groups is 1. The molecular weight excluding hydrogens is 417 g/mol. The zero-order chi connectivity index (χ0) is 21.8. The molecule has 1 aromatic heterocycles. The minimum absolute atomic E-state index is 0.0645. The minimum atomic E-state index is -0.314. The lowest BCUT2D eigenvalue weighted by Crippen LogP contribution is -2.41. The van der Waals surface area contributed by atoms with Gasteiger partial charge < -0.3 is 9.64 Å². The molecule has 8 heteroatoms. The molecule has 4 rings (SSSR count). The summed E-state index contributed by atoms with van der Waals surface area (Å²) in [7, 11) is 0. The van der Waals surface area contributed by atoms with E-state index in [1.54, 1.807) is 28.5 Å². The second-order valence-corrected chi connectivity index (χ2v) is 8.36. The molecule has 0 N–H and O–H groups in total. The Bertz CT molecular complexity index is 1140. The molecule has 1 aliphatic heterocycles. The number of piperidine rings is 1. The van der Waals surface area contributed by atoms with Gasteiger partial charge in [0.25, 0.3) is 5.56 Å². The van der Waals surface area contributed by atoms with Gasteiger partial charge in [-0.05, 0) is 49.6 Å². The summed E-state index contributed by atoms with van der Waals surface area (Å²) in [6.45, 7) is 3.17. The van der Waals surface area contributed by atoms with Gasteiger partial charge in [-0.2, -0.15) is 0 Å². The highest BCUT2D eigenvalue weighted by Gasteiger charge is 2.27. The molecule has 0 saturated carbocycles. The van der Waals surface area contributed by atoms with E-state index in [1.807, 2.05) is 24.3 Å². The van der Waals surface area contributed by atoms with Crippen LogP contribution in [0.5, 0.6) is 0 Å². The number of aromatic nitrogens is 2. The van der Waals surface area contributed by atoms with Gasteiger partial charge in [-0.25, -0.2) is 14.2 Å². The Balaban J connectivity index is 1.63. The van der Waals surface area contributed by atoms with Gasteiger partial charge in [-0.15, -0.1) is 0 Å². The quantitative estimate of drug-likeness (QED) is 0.427. The third kappa shape index (κ3) is 4.74. The maximum Gasteiger partial charge on any atom is 0.409 e. The van der Waals surface area contributed by atoms with E-state index in [9.17, 15) is 14.0 Å². The van der Waals surface area contributed by atoms with Crippen LogP contribution in [0.4, 0.5) is 9.18 Å². The average molecular weight is 442 g/mol. The highest BCUT2D eigenvalue weighted by molar-refractivity contribution is 7.98. The highest BCUT2D eigenvalue weighted by atomic mass is 32.2. The molecule has 2 heterocycles. The van der Waals surface area contributed by atoms with Crippen molar-refractivity contribution in [3.05, 3.63) is 70.3 Å². The van der Waals surface area contributed by atoms with Crippen molar-refractivity contribution in [3.63, 3.8) is 0 Å². The molecule has 0 spiro atoms. The Morgan fingerprint density at radius 2 is 1.97 bits per heavy atom. The summed E-state index contributed by atoms with van der Waals surface area (Å²) in [5.41, 5.74) is 1.40. The highest BCUT2D eigenvalue weighted by Crippen LogP contribution is 2.29. The van der Waals surface area contributed by atoms with Gasteiger partial charge in [0.05, 0.1) is 17.5 Å². The van der Waals surface area contributed by atoms with E-state index in [4.69, 9.17) is 9.72 Å². The standard InChI is InChI=1S/C23H24FN3O3S/c1-2-30-23(29)26-12-10-18(11-13-26)27-21(28)19-8-3-4-9-20(19)25-22(27)31-15-16-6-5-7-17(24)14-16/h3-9,14,18H,2,10-13,15H2,1H3. The minimum Gasteiger partial charge on any atom is -0.450 e. The van der Waals surface area contributed by atoms with Gasteiger partial charge in [-0.3, -0.25) is 9.36 Å². The van der Waals surface area contributed by atoms with Crippen LogP contribution in [0, 0.1) is 5.82 Å². The van der Waals surface area contributed by atoms with Crippen molar-refractivity contribution in [1.82, 2.24) is 14.5 Å². The third-order valence-electron chi connectivity index (χ3n) is 5.39. The number of benzene rings is 2. The molecule has 3 aromatic rings. The number of hydrogen-bond acceptors (Lipinski definition) is 5. The average Bonchev–Trinajstić information content (AvgIpc) is 2.78. The van der Waals surface area contributed by atoms with Crippen molar-refractivity contribution < 1.29 is 13.9 Å². The van der Waals surface area contributed by atoms with Crippen molar-refractivity contribution in [2.75, 3.05) is 19.7 Å². The zero-order valence-electron chi connectivity index (χ0n) is 17.3. The van der Waals surface area contributed by atoms with E-state index in [0.29, 0.717) is 54.4 Å². The predicted molar refractivity (Wildman–Crippen MR) is 119 cm³/mol. The number of ether oxygens (including phenoxy) is 1. The van der Waals surface area contributed by atoms with Gasteiger partial charge in [0.1, 0.15) is 5.82 Å². The smallest absolute Gasteiger partial charge is 0.409 e. The monoisotopic (exact) mass is 441 g/mol. The molecule has 162 valence electrons. The number of carbonyl (C=O) groups is 1. The van der Waals surface area contributed by atoms with Crippen LogP contribution in [-0.4, -0.2) is 40.2 Å². The van der Waals surface area contributed by atoms with Crippen LogP contribution < -0.4 is 5.56 Å². The van der Waals surface area contributed by atoms with Crippen molar-refractivity contribution in [1.29, 1.82) is 0 Å². The second kappa shape index (κ2) is 9.51. The lowest BCUT2D eigenvalue weighted by molar-refractivity contribution is 0.0915. The fourth-order valence-electron chi connectivity index (χ4n) is 3.85. The normalized spacial score (nSPS) is 14.7. The Morgan fingerprint density at radius 1 is 1.19 bits per heavy atom. The molecule has 0 aliphatic carbocycles. The van der Waals surface area contributed by atoms with Crippen LogP contribution in [-0.2, 0) is 10.5 Å². The van der Waals surface area contributed by atoms with Crippen molar-refractivity contribution >= 4 is 28.8 Å². The summed E-state index contributed by atoms with van der Waals surface area (Å²) in [5.74, 6) is 0.220. The van der Waals surface area contributed by atoms with Gasteiger partial charge in [0.15, 0.2) is 5.16 Å². The first-order valence-electron chi connectivity index (χ1n) is 10.4. The van der Waals surface area contributed by atoms with Gasteiger partial charge in [0, 0.05) is 24.9 Å². The molecule has 0 atom stereocenters. The predicted octanol–water partition coefficient (Wildman–Crippen LogP) is 4.62. The van der Waals surface area contributed by atoms with Crippen LogP contribution in [0.3, 0.4) is 0 Å². The number of hydrogen-bond donors (Lipinski definition) is 0. The molecule has 6 nitrogen and oxygen atoms in total. The Hall–Kier alpha value is -2.87. The van der Waals surface area contributed by atoms with Crippen LogP contribution in [0.2, 0.25) is 0 Å². The fourth-order valence-corrected chi connectivity index (χ4v) is 4.85. The fraction of sp³-hybridized carbons (Fsp3) is 0.348. The lowest BCUT2D eigenvalue weighted by Gasteiger charge is -2.33. The number of carbonyl (C=O) groups excluding carboxylic acids is 1. The van der Waals surface area contributed by atoms with Crippen molar-refractivity contribution in [2.45, 2.75) is 36.7 Å². The Kier molecular flexibility index (Phi) is 6.56. The van der Waals surface area contributed by atoms with Crippen molar-refractivity contribution in [2.24, 2.45) is 0 Å².